The fourth-order valence-electron chi connectivity index (χ4n) is 1.13. The van der Waals surface area contributed by atoms with Crippen molar-refractivity contribution in [2.24, 2.45) is 5.92 Å². The number of nitro groups is 1. The van der Waals surface area contributed by atoms with Crippen molar-refractivity contribution in [3.63, 3.8) is 0 Å². The molecule has 0 radical (unpaired) electrons. The summed E-state index contributed by atoms with van der Waals surface area (Å²) in [7, 11) is 0. The summed E-state index contributed by atoms with van der Waals surface area (Å²) >= 11 is 0. The Hall–Kier alpha value is -1.46. The van der Waals surface area contributed by atoms with Gasteiger partial charge in [0.25, 0.3) is 0 Å². The number of ketones is 1. The van der Waals surface area contributed by atoms with Gasteiger partial charge in [-0.1, -0.05) is 0 Å². The molecule has 6 heteroatoms. The van der Waals surface area contributed by atoms with Crippen LogP contribution >= 0.6 is 0 Å². The van der Waals surface area contributed by atoms with Gasteiger partial charge in [0.05, 0.1) is 0 Å². The lowest BCUT2D eigenvalue weighted by Gasteiger charge is -2.22. The molecule has 0 aliphatic carbocycles. The average Bonchev–Trinajstić information content (AvgIpc) is 1.97. The zero-order chi connectivity index (χ0) is 12.9. The van der Waals surface area contributed by atoms with E-state index in [-0.39, 0.29) is 12.2 Å². The van der Waals surface area contributed by atoms with Gasteiger partial charge in [-0.05, 0) is 27.7 Å². The quantitative estimate of drug-likeness (QED) is 0.403. The molecular weight excluding hydrogens is 214 g/mol. The van der Waals surface area contributed by atoms with Crippen LogP contribution in [-0.2, 0) is 14.3 Å². The van der Waals surface area contributed by atoms with Crippen LogP contribution in [0.2, 0.25) is 0 Å². The summed E-state index contributed by atoms with van der Waals surface area (Å²) in [5.41, 5.74) is -0.706. The molecule has 0 spiro atoms. The minimum Gasteiger partial charge on any atom is -0.460 e. The molecule has 92 valence electrons. The maximum atomic E-state index is 11.6. The summed E-state index contributed by atoms with van der Waals surface area (Å²) in [5.74, 6) is -1.95. The Balaban J connectivity index is 4.56. The molecule has 1 unspecified atom stereocenters. The van der Waals surface area contributed by atoms with Crippen molar-refractivity contribution in [1.82, 2.24) is 0 Å². The van der Waals surface area contributed by atoms with Crippen molar-refractivity contribution in [3.8, 4) is 0 Å². The number of Topliss-reactive ketones (excluding diaryl/α,β-unsaturated/α-hetero) is 1. The van der Waals surface area contributed by atoms with E-state index in [4.69, 9.17) is 4.74 Å². The van der Waals surface area contributed by atoms with E-state index in [1.165, 1.54) is 6.92 Å². The monoisotopic (exact) mass is 231 g/mol. The molecule has 6 nitrogen and oxygen atoms in total. The molecular formula is C10H17NO5. The van der Waals surface area contributed by atoms with Crippen LogP contribution in [0, 0.1) is 16.0 Å². The molecule has 0 saturated carbocycles. The van der Waals surface area contributed by atoms with Gasteiger partial charge in [0.2, 0.25) is 6.54 Å². The predicted molar refractivity (Wildman–Crippen MR) is 56.5 cm³/mol. The van der Waals surface area contributed by atoms with Gasteiger partial charge in [-0.25, -0.2) is 0 Å². The molecule has 0 aliphatic heterocycles. The van der Waals surface area contributed by atoms with Crippen LogP contribution in [0.25, 0.3) is 0 Å². The lowest BCUT2D eigenvalue weighted by molar-refractivity contribution is -0.486. The zero-order valence-electron chi connectivity index (χ0n) is 9.98. The molecule has 0 fully saturated rings. The van der Waals surface area contributed by atoms with Crippen LogP contribution in [0.4, 0.5) is 0 Å². The van der Waals surface area contributed by atoms with Gasteiger partial charge < -0.3 is 4.74 Å². The largest absolute Gasteiger partial charge is 0.460 e. The SMILES string of the molecule is CC(=O)CC(C[N+](=O)[O-])C(=O)OC(C)(C)C. The highest BCUT2D eigenvalue weighted by atomic mass is 16.6. The summed E-state index contributed by atoms with van der Waals surface area (Å²) in [4.78, 5) is 32.2. The fourth-order valence-corrected chi connectivity index (χ4v) is 1.13. The minimum absolute atomic E-state index is 0.157. The molecule has 16 heavy (non-hydrogen) atoms. The Labute approximate surface area is 94.1 Å². The standard InChI is InChI=1S/C10H17NO5/c1-7(12)5-8(6-11(14)15)9(13)16-10(2,3)4/h8H,5-6H2,1-4H3. The molecule has 0 saturated heterocycles. The van der Waals surface area contributed by atoms with E-state index in [1.54, 1.807) is 20.8 Å². The summed E-state index contributed by atoms with van der Waals surface area (Å²) in [5, 5.41) is 10.3. The van der Waals surface area contributed by atoms with E-state index >= 15 is 0 Å². The van der Waals surface area contributed by atoms with Crippen LogP contribution in [-0.4, -0.2) is 28.8 Å². The second kappa shape index (κ2) is 5.58. The average molecular weight is 231 g/mol. The number of hydrogen-bond donors (Lipinski definition) is 0. The van der Waals surface area contributed by atoms with Crippen LogP contribution in [0.5, 0.6) is 0 Å². The second-order valence-corrected chi connectivity index (χ2v) is 4.65. The molecule has 0 amide bonds. The third-order valence-electron chi connectivity index (χ3n) is 1.64. The zero-order valence-corrected chi connectivity index (χ0v) is 9.98. The Bertz CT molecular complexity index is 276. The lowest BCUT2D eigenvalue weighted by atomic mass is 10.0. The van der Waals surface area contributed by atoms with Gasteiger partial charge in [-0.3, -0.25) is 19.7 Å². The summed E-state index contributed by atoms with van der Waals surface area (Å²) in [6.07, 6.45) is -0.157. The van der Waals surface area contributed by atoms with Crippen LogP contribution in [0.3, 0.4) is 0 Å². The fraction of sp³-hybridized carbons (Fsp3) is 0.800. The van der Waals surface area contributed by atoms with Crippen LogP contribution in [0.1, 0.15) is 34.1 Å². The van der Waals surface area contributed by atoms with E-state index < -0.39 is 29.0 Å². The first-order valence-corrected chi connectivity index (χ1v) is 4.96. The number of carbonyl (C=O) groups is 2. The van der Waals surface area contributed by atoms with Crippen molar-refractivity contribution in [1.29, 1.82) is 0 Å². The smallest absolute Gasteiger partial charge is 0.316 e. The Morgan fingerprint density at radius 1 is 1.38 bits per heavy atom. The third-order valence-corrected chi connectivity index (χ3v) is 1.64. The molecule has 0 aromatic heterocycles. The minimum atomic E-state index is -0.994. The van der Waals surface area contributed by atoms with Crippen molar-refractivity contribution in [2.75, 3.05) is 6.54 Å². The highest BCUT2D eigenvalue weighted by Gasteiger charge is 2.30. The van der Waals surface area contributed by atoms with Gasteiger partial charge in [0.1, 0.15) is 17.3 Å². The highest BCUT2D eigenvalue weighted by molar-refractivity contribution is 5.83. The maximum Gasteiger partial charge on any atom is 0.316 e. The van der Waals surface area contributed by atoms with E-state index in [0.717, 1.165) is 0 Å². The second-order valence-electron chi connectivity index (χ2n) is 4.65. The van der Waals surface area contributed by atoms with Gasteiger partial charge in [0, 0.05) is 11.3 Å². The number of rotatable bonds is 5. The van der Waals surface area contributed by atoms with Gasteiger partial charge in [0.15, 0.2) is 0 Å². The third kappa shape index (κ3) is 6.92. The van der Waals surface area contributed by atoms with Crippen LogP contribution in [0.15, 0.2) is 0 Å². The Morgan fingerprint density at radius 3 is 2.19 bits per heavy atom. The number of nitrogens with zero attached hydrogens (tertiary/aromatic N) is 1. The van der Waals surface area contributed by atoms with E-state index in [2.05, 4.69) is 0 Å². The first-order chi connectivity index (χ1) is 7.11. The van der Waals surface area contributed by atoms with E-state index in [0.29, 0.717) is 0 Å². The van der Waals surface area contributed by atoms with Gasteiger partial charge in [-0.2, -0.15) is 0 Å². The topological polar surface area (TPSA) is 86.5 Å². The number of carbonyl (C=O) groups excluding carboxylic acids is 2. The number of hydrogen-bond acceptors (Lipinski definition) is 5. The van der Waals surface area contributed by atoms with Crippen LogP contribution < -0.4 is 0 Å². The van der Waals surface area contributed by atoms with Crippen molar-refractivity contribution in [3.05, 3.63) is 10.1 Å². The van der Waals surface area contributed by atoms with Crippen molar-refractivity contribution in [2.45, 2.75) is 39.7 Å². The predicted octanol–water partition coefficient (Wildman–Crippen LogP) is 1.20. The first-order valence-electron chi connectivity index (χ1n) is 4.96. The van der Waals surface area contributed by atoms with Gasteiger partial charge >= 0.3 is 5.97 Å². The molecule has 0 bridgehead atoms. The lowest BCUT2D eigenvalue weighted by Crippen LogP contribution is -2.33. The van der Waals surface area contributed by atoms with Crippen molar-refractivity contribution >= 4 is 11.8 Å². The van der Waals surface area contributed by atoms with E-state index in [9.17, 15) is 19.7 Å². The summed E-state index contributed by atoms with van der Waals surface area (Å²) in [6, 6.07) is 0. The maximum absolute atomic E-state index is 11.6. The molecule has 0 N–H and O–H groups in total. The highest BCUT2D eigenvalue weighted by Crippen LogP contribution is 2.14. The normalized spacial score (nSPS) is 13.0. The molecule has 1 atom stereocenters. The van der Waals surface area contributed by atoms with Gasteiger partial charge in [-0.15, -0.1) is 0 Å². The molecule has 0 aliphatic rings. The molecule has 0 aromatic carbocycles. The number of ether oxygens (including phenoxy) is 1. The molecule has 0 rings (SSSR count). The summed E-state index contributed by atoms with van der Waals surface area (Å²) < 4.78 is 5.01. The Kier molecular flexibility index (Phi) is 5.07. The van der Waals surface area contributed by atoms with E-state index in [1.807, 2.05) is 0 Å². The summed E-state index contributed by atoms with van der Waals surface area (Å²) in [6.45, 7) is 5.72. The molecule has 0 aromatic rings. The first kappa shape index (κ1) is 14.5. The van der Waals surface area contributed by atoms with Crippen molar-refractivity contribution < 1.29 is 19.2 Å². The molecule has 0 heterocycles. The Morgan fingerprint density at radius 2 is 1.88 bits per heavy atom. The number of esters is 1.